The van der Waals surface area contributed by atoms with Crippen molar-refractivity contribution in [1.29, 1.82) is 0 Å². The van der Waals surface area contributed by atoms with Gasteiger partial charge in [0.05, 0.1) is 6.20 Å². The van der Waals surface area contributed by atoms with E-state index in [4.69, 9.17) is 5.11 Å². The summed E-state index contributed by atoms with van der Waals surface area (Å²) in [7, 11) is 0. The number of hydrogen-bond acceptors (Lipinski definition) is 4. The van der Waals surface area contributed by atoms with Crippen LogP contribution in [-0.4, -0.2) is 22.1 Å². The van der Waals surface area contributed by atoms with E-state index in [2.05, 4.69) is 10.3 Å². The van der Waals surface area contributed by atoms with Gasteiger partial charge < -0.3 is 10.4 Å². The topological polar surface area (TPSA) is 62.2 Å². The van der Waals surface area contributed by atoms with Crippen molar-refractivity contribution in [2.75, 3.05) is 5.32 Å². The second-order valence-corrected chi connectivity index (χ2v) is 4.74. The summed E-state index contributed by atoms with van der Waals surface area (Å²) in [5.41, 5.74) is 0. The lowest BCUT2D eigenvalue weighted by molar-refractivity contribution is -0.138. The summed E-state index contributed by atoms with van der Waals surface area (Å²) in [5, 5.41) is 11.4. The smallest absolute Gasteiger partial charge is 0.427 e. The number of thiazole rings is 1. The van der Waals surface area contributed by atoms with Crippen LogP contribution >= 0.6 is 11.3 Å². The van der Waals surface area contributed by atoms with Gasteiger partial charge in [-0.15, -0.1) is 0 Å². The van der Waals surface area contributed by atoms with Crippen LogP contribution in [0.3, 0.4) is 0 Å². The summed E-state index contributed by atoms with van der Waals surface area (Å²) in [4.78, 5) is 13.6. The molecule has 0 aliphatic heterocycles. The van der Waals surface area contributed by atoms with E-state index < -0.39 is 23.1 Å². The maximum Gasteiger partial charge on any atom is 0.427 e. The molecule has 1 rings (SSSR count). The molecule has 102 valence electrons. The van der Waals surface area contributed by atoms with Crippen molar-refractivity contribution in [2.45, 2.75) is 38.4 Å². The Balaban J connectivity index is 2.69. The van der Waals surface area contributed by atoms with E-state index in [1.165, 1.54) is 0 Å². The molecule has 1 heterocycles. The van der Waals surface area contributed by atoms with Gasteiger partial charge in [-0.05, 0) is 6.42 Å². The first kappa shape index (κ1) is 14.7. The maximum absolute atomic E-state index is 12.3. The minimum Gasteiger partial charge on any atom is -0.480 e. The van der Waals surface area contributed by atoms with E-state index in [-0.39, 0.29) is 5.13 Å². The van der Waals surface area contributed by atoms with E-state index in [1.807, 2.05) is 6.92 Å². The molecule has 0 aromatic carbocycles. The molecule has 0 amide bonds. The fourth-order valence-corrected chi connectivity index (χ4v) is 2.02. The first-order valence-corrected chi connectivity index (χ1v) is 6.18. The summed E-state index contributed by atoms with van der Waals surface area (Å²) in [6.07, 6.45) is -1.89. The molecule has 0 fully saturated rings. The van der Waals surface area contributed by atoms with Crippen LogP contribution in [0.4, 0.5) is 18.3 Å². The summed E-state index contributed by atoms with van der Waals surface area (Å²) in [5.74, 6) is -1.09. The Morgan fingerprint density at radius 1 is 1.61 bits per heavy atom. The standard InChI is InChI=1S/C10H13F3N2O2S/c1-2-3-4-6(8(16)17)15-9-14-5-7(18-9)10(11,12)13/h5-6H,2-4H2,1H3,(H,14,15)(H,16,17). The van der Waals surface area contributed by atoms with Gasteiger partial charge in [-0.3, -0.25) is 0 Å². The van der Waals surface area contributed by atoms with Crippen molar-refractivity contribution in [3.05, 3.63) is 11.1 Å². The summed E-state index contributed by atoms with van der Waals surface area (Å²) >= 11 is 0.408. The third-order valence-corrected chi connectivity index (χ3v) is 3.20. The number of carboxylic acids is 1. The zero-order valence-corrected chi connectivity index (χ0v) is 10.4. The van der Waals surface area contributed by atoms with Crippen LogP contribution in [0.25, 0.3) is 0 Å². The number of hydrogen-bond donors (Lipinski definition) is 2. The van der Waals surface area contributed by atoms with Crippen LogP contribution < -0.4 is 5.32 Å². The number of nitrogens with zero attached hydrogens (tertiary/aromatic N) is 1. The Morgan fingerprint density at radius 2 is 2.28 bits per heavy atom. The number of rotatable bonds is 6. The van der Waals surface area contributed by atoms with E-state index in [9.17, 15) is 18.0 Å². The first-order chi connectivity index (χ1) is 8.34. The molecule has 8 heteroatoms. The fraction of sp³-hybridized carbons (Fsp3) is 0.600. The Bertz CT molecular complexity index is 406. The Labute approximate surface area is 106 Å². The maximum atomic E-state index is 12.3. The number of aromatic nitrogens is 1. The van der Waals surface area contributed by atoms with Crippen LogP contribution in [0.15, 0.2) is 6.20 Å². The SMILES string of the molecule is CCCCC(Nc1ncc(C(F)(F)F)s1)C(=O)O. The lowest BCUT2D eigenvalue weighted by Gasteiger charge is -2.12. The van der Waals surface area contributed by atoms with Crippen molar-refractivity contribution < 1.29 is 23.1 Å². The van der Waals surface area contributed by atoms with E-state index in [0.29, 0.717) is 30.4 Å². The van der Waals surface area contributed by atoms with Gasteiger partial charge in [-0.1, -0.05) is 31.1 Å². The molecule has 18 heavy (non-hydrogen) atoms. The van der Waals surface area contributed by atoms with Crippen LogP contribution in [-0.2, 0) is 11.0 Å². The number of halogens is 3. The molecule has 0 saturated heterocycles. The molecule has 0 bridgehead atoms. The minimum absolute atomic E-state index is 0.0224. The van der Waals surface area contributed by atoms with Crippen molar-refractivity contribution >= 4 is 22.4 Å². The molecule has 0 saturated carbocycles. The third-order valence-electron chi connectivity index (χ3n) is 2.23. The molecule has 1 aromatic rings. The molecular weight excluding hydrogens is 269 g/mol. The Kier molecular flexibility index (Phi) is 4.94. The number of unbranched alkanes of at least 4 members (excludes halogenated alkanes) is 1. The van der Waals surface area contributed by atoms with Gasteiger partial charge in [0.15, 0.2) is 5.13 Å². The Hall–Kier alpha value is -1.31. The van der Waals surface area contributed by atoms with E-state index in [1.54, 1.807) is 0 Å². The molecular formula is C10H13F3N2O2S. The second-order valence-electron chi connectivity index (χ2n) is 3.70. The zero-order valence-electron chi connectivity index (χ0n) is 9.62. The number of alkyl halides is 3. The van der Waals surface area contributed by atoms with Crippen LogP contribution in [0.5, 0.6) is 0 Å². The van der Waals surface area contributed by atoms with Crippen LogP contribution in [0, 0.1) is 0 Å². The van der Waals surface area contributed by atoms with E-state index in [0.717, 1.165) is 6.42 Å². The van der Waals surface area contributed by atoms with Gasteiger partial charge in [0.1, 0.15) is 10.9 Å². The van der Waals surface area contributed by atoms with Crippen LogP contribution in [0.1, 0.15) is 31.1 Å². The molecule has 0 radical (unpaired) electrons. The number of carboxylic acid groups (broad SMARTS) is 1. The van der Waals surface area contributed by atoms with Crippen LogP contribution in [0.2, 0.25) is 0 Å². The minimum atomic E-state index is -4.44. The first-order valence-electron chi connectivity index (χ1n) is 5.37. The summed E-state index contributed by atoms with van der Waals surface area (Å²) < 4.78 is 37.0. The Morgan fingerprint density at radius 3 is 2.72 bits per heavy atom. The van der Waals surface area contributed by atoms with Crippen molar-refractivity contribution in [3.63, 3.8) is 0 Å². The number of anilines is 1. The molecule has 1 aromatic heterocycles. The zero-order chi connectivity index (χ0) is 13.8. The highest BCUT2D eigenvalue weighted by molar-refractivity contribution is 7.15. The van der Waals surface area contributed by atoms with Crippen molar-refractivity contribution in [1.82, 2.24) is 4.98 Å². The highest BCUT2D eigenvalue weighted by Gasteiger charge is 2.33. The fourth-order valence-electron chi connectivity index (χ4n) is 1.29. The monoisotopic (exact) mass is 282 g/mol. The molecule has 1 unspecified atom stereocenters. The lowest BCUT2D eigenvalue weighted by atomic mass is 10.1. The number of aliphatic carboxylic acids is 1. The van der Waals surface area contributed by atoms with Gasteiger partial charge in [-0.25, -0.2) is 9.78 Å². The lowest BCUT2D eigenvalue weighted by Crippen LogP contribution is -2.28. The number of nitrogens with one attached hydrogen (secondary N) is 1. The van der Waals surface area contributed by atoms with Crippen molar-refractivity contribution in [2.24, 2.45) is 0 Å². The average molecular weight is 282 g/mol. The molecule has 1 atom stereocenters. The van der Waals surface area contributed by atoms with Gasteiger partial charge in [0.2, 0.25) is 0 Å². The molecule has 0 aliphatic rings. The predicted octanol–water partition coefficient (Wildman–Crippen LogP) is 3.22. The quantitative estimate of drug-likeness (QED) is 0.841. The molecule has 0 spiro atoms. The average Bonchev–Trinajstić information content (AvgIpc) is 2.71. The molecule has 2 N–H and O–H groups in total. The highest BCUT2D eigenvalue weighted by Crippen LogP contribution is 2.35. The van der Waals surface area contributed by atoms with Gasteiger partial charge >= 0.3 is 12.1 Å². The molecule has 4 nitrogen and oxygen atoms in total. The van der Waals surface area contributed by atoms with Gasteiger partial charge in [-0.2, -0.15) is 13.2 Å². The predicted molar refractivity (Wildman–Crippen MR) is 61.7 cm³/mol. The third kappa shape index (κ3) is 4.17. The van der Waals surface area contributed by atoms with Gasteiger partial charge in [0, 0.05) is 0 Å². The highest BCUT2D eigenvalue weighted by atomic mass is 32.1. The second kappa shape index (κ2) is 6.03. The number of carbonyl (C=O) groups is 1. The van der Waals surface area contributed by atoms with Crippen molar-refractivity contribution in [3.8, 4) is 0 Å². The van der Waals surface area contributed by atoms with Gasteiger partial charge in [0.25, 0.3) is 0 Å². The van der Waals surface area contributed by atoms with E-state index >= 15 is 0 Å². The summed E-state index contributed by atoms with van der Waals surface area (Å²) in [6, 6.07) is -0.905. The normalized spacial score (nSPS) is 13.3. The molecule has 0 aliphatic carbocycles. The largest absolute Gasteiger partial charge is 0.480 e. The summed E-state index contributed by atoms with van der Waals surface area (Å²) in [6.45, 7) is 1.91.